The fraction of sp³-hybridized carbons (Fsp3) is 0.571. The molecule has 1 unspecified atom stereocenters. The molecule has 0 spiro atoms. The quantitative estimate of drug-likeness (QED) is 0.677. The normalized spacial score (nSPS) is 12.7. The van der Waals surface area contributed by atoms with E-state index in [1.54, 1.807) is 12.1 Å². The molecule has 0 fully saturated rings. The summed E-state index contributed by atoms with van der Waals surface area (Å²) < 4.78 is 5.47. The highest BCUT2D eigenvalue weighted by Crippen LogP contribution is 2.22. The maximum atomic E-state index is 9.78. The highest BCUT2D eigenvalue weighted by molar-refractivity contribution is 6.32. The van der Waals surface area contributed by atoms with Gasteiger partial charge in [-0.05, 0) is 25.7 Å². The summed E-state index contributed by atoms with van der Waals surface area (Å²) in [5.41, 5.74) is 0. The largest absolute Gasteiger partial charge is 0.489 e. The van der Waals surface area contributed by atoms with Gasteiger partial charge in [-0.2, -0.15) is 0 Å². The molecular formula is C14H23ClN2O2. The molecule has 0 saturated carbocycles. The van der Waals surface area contributed by atoms with Crippen molar-refractivity contribution in [1.29, 1.82) is 0 Å². The van der Waals surface area contributed by atoms with Crippen molar-refractivity contribution in [3.05, 3.63) is 29.3 Å². The summed E-state index contributed by atoms with van der Waals surface area (Å²) in [7, 11) is 2.07. The van der Waals surface area contributed by atoms with Crippen LogP contribution < -0.4 is 10.1 Å². The van der Waals surface area contributed by atoms with Gasteiger partial charge in [-0.3, -0.25) is 0 Å². The van der Waals surface area contributed by atoms with Gasteiger partial charge in [-0.15, -0.1) is 0 Å². The van der Waals surface area contributed by atoms with Gasteiger partial charge in [0.25, 0.3) is 0 Å². The Bertz CT molecular complexity index is 363. The number of para-hydroxylation sites is 1. The van der Waals surface area contributed by atoms with Crippen LogP contribution in [0.5, 0.6) is 5.75 Å². The van der Waals surface area contributed by atoms with Crippen LogP contribution in [0.2, 0.25) is 5.02 Å². The van der Waals surface area contributed by atoms with E-state index in [1.807, 2.05) is 12.1 Å². The van der Waals surface area contributed by atoms with Crippen molar-refractivity contribution in [3.8, 4) is 5.75 Å². The molecule has 1 aromatic carbocycles. The van der Waals surface area contributed by atoms with Gasteiger partial charge >= 0.3 is 0 Å². The summed E-state index contributed by atoms with van der Waals surface area (Å²) in [5.74, 6) is 0.605. The Morgan fingerprint density at radius 1 is 1.42 bits per heavy atom. The zero-order chi connectivity index (χ0) is 14.1. The van der Waals surface area contributed by atoms with Gasteiger partial charge in [-0.1, -0.05) is 30.7 Å². The number of hydrogen-bond acceptors (Lipinski definition) is 4. The molecule has 0 amide bonds. The molecule has 0 aliphatic rings. The van der Waals surface area contributed by atoms with Crippen molar-refractivity contribution >= 4 is 11.6 Å². The number of ether oxygens (including phenoxy) is 1. The minimum atomic E-state index is -0.539. The average molecular weight is 287 g/mol. The van der Waals surface area contributed by atoms with E-state index < -0.39 is 6.10 Å². The van der Waals surface area contributed by atoms with E-state index in [-0.39, 0.29) is 6.61 Å². The van der Waals surface area contributed by atoms with Crippen molar-refractivity contribution in [2.75, 3.05) is 39.8 Å². The first kappa shape index (κ1) is 16.2. The van der Waals surface area contributed by atoms with Crippen LogP contribution in [0.4, 0.5) is 0 Å². The summed E-state index contributed by atoms with van der Waals surface area (Å²) in [6.07, 6.45) is -0.539. The van der Waals surface area contributed by atoms with Gasteiger partial charge in [-0.25, -0.2) is 0 Å². The molecule has 1 aromatic rings. The molecule has 1 atom stereocenters. The van der Waals surface area contributed by atoms with Crippen LogP contribution >= 0.6 is 11.6 Å². The molecule has 0 saturated heterocycles. The number of halogens is 1. The fourth-order valence-electron chi connectivity index (χ4n) is 1.50. The van der Waals surface area contributed by atoms with Crippen LogP contribution in [0.25, 0.3) is 0 Å². The van der Waals surface area contributed by atoms with E-state index in [0.29, 0.717) is 17.3 Å². The number of nitrogens with zero attached hydrogens (tertiary/aromatic N) is 1. The minimum absolute atomic E-state index is 0.236. The van der Waals surface area contributed by atoms with E-state index in [4.69, 9.17) is 16.3 Å². The number of aliphatic hydroxyl groups is 1. The first-order chi connectivity index (χ1) is 9.13. The van der Waals surface area contributed by atoms with Crippen molar-refractivity contribution in [2.24, 2.45) is 0 Å². The van der Waals surface area contributed by atoms with Gasteiger partial charge in [0.15, 0.2) is 0 Å². The molecule has 4 nitrogen and oxygen atoms in total. The molecule has 5 heteroatoms. The van der Waals surface area contributed by atoms with Crippen LogP contribution in [0.1, 0.15) is 6.92 Å². The summed E-state index contributed by atoms with van der Waals surface area (Å²) in [4.78, 5) is 2.21. The highest BCUT2D eigenvalue weighted by atomic mass is 35.5. The Morgan fingerprint density at radius 2 is 2.16 bits per heavy atom. The summed E-state index contributed by atoms with van der Waals surface area (Å²) in [5, 5.41) is 13.5. The summed E-state index contributed by atoms with van der Waals surface area (Å²) in [6, 6.07) is 7.25. The number of benzene rings is 1. The lowest BCUT2D eigenvalue weighted by Gasteiger charge is -2.16. The predicted molar refractivity (Wildman–Crippen MR) is 79.0 cm³/mol. The van der Waals surface area contributed by atoms with E-state index >= 15 is 0 Å². The molecule has 1 rings (SSSR count). The first-order valence-corrected chi connectivity index (χ1v) is 6.96. The zero-order valence-electron chi connectivity index (χ0n) is 11.6. The third kappa shape index (κ3) is 6.78. The SMILES string of the molecule is CCN(C)CCNCC(O)COc1ccccc1Cl. The van der Waals surface area contributed by atoms with Gasteiger partial charge in [0.2, 0.25) is 0 Å². The molecule has 108 valence electrons. The lowest BCUT2D eigenvalue weighted by atomic mass is 10.3. The smallest absolute Gasteiger partial charge is 0.138 e. The van der Waals surface area contributed by atoms with Crippen LogP contribution in [0.15, 0.2) is 24.3 Å². The maximum Gasteiger partial charge on any atom is 0.138 e. The number of aliphatic hydroxyl groups excluding tert-OH is 1. The Morgan fingerprint density at radius 3 is 2.84 bits per heavy atom. The molecule has 19 heavy (non-hydrogen) atoms. The summed E-state index contributed by atoms with van der Waals surface area (Å²) in [6.45, 7) is 5.72. The third-order valence-corrected chi connectivity index (χ3v) is 3.17. The summed E-state index contributed by atoms with van der Waals surface area (Å²) >= 11 is 5.96. The Labute approximate surface area is 120 Å². The maximum absolute atomic E-state index is 9.78. The second kappa shape index (κ2) is 9.15. The minimum Gasteiger partial charge on any atom is -0.489 e. The number of hydrogen-bond donors (Lipinski definition) is 2. The Hall–Kier alpha value is -0.810. The fourth-order valence-corrected chi connectivity index (χ4v) is 1.69. The monoisotopic (exact) mass is 286 g/mol. The Balaban J connectivity index is 2.14. The Kier molecular flexibility index (Phi) is 7.82. The molecule has 0 radical (unpaired) electrons. The second-order valence-electron chi connectivity index (χ2n) is 4.50. The molecule has 0 bridgehead atoms. The van der Waals surface area contributed by atoms with Crippen molar-refractivity contribution < 1.29 is 9.84 Å². The molecular weight excluding hydrogens is 264 g/mol. The average Bonchev–Trinajstić information content (AvgIpc) is 2.42. The van der Waals surface area contributed by atoms with Crippen LogP contribution in [0, 0.1) is 0 Å². The molecule has 0 aliphatic carbocycles. The standard InChI is InChI=1S/C14H23ClN2O2/c1-3-17(2)9-8-16-10-12(18)11-19-14-7-5-4-6-13(14)15/h4-7,12,16,18H,3,8-11H2,1-2H3. The van der Waals surface area contributed by atoms with E-state index in [2.05, 4.69) is 24.2 Å². The van der Waals surface area contributed by atoms with Crippen LogP contribution in [0.3, 0.4) is 0 Å². The van der Waals surface area contributed by atoms with Crippen molar-refractivity contribution in [3.63, 3.8) is 0 Å². The molecule has 0 heterocycles. The highest BCUT2D eigenvalue weighted by Gasteiger charge is 2.06. The zero-order valence-corrected chi connectivity index (χ0v) is 12.4. The topological polar surface area (TPSA) is 44.7 Å². The van der Waals surface area contributed by atoms with E-state index in [0.717, 1.165) is 19.6 Å². The van der Waals surface area contributed by atoms with E-state index in [9.17, 15) is 5.11 Å². The van der Waals surface area contributed by atoms with Gasteiger partial charge in [0, 0.05) is 19.6 Å². The van der Waals surface area contributed by atoms with E-state index in [1.165, 1.54) is 0 Å². The van der Waals surface area contributed by atoms with Crippen molar-refractivity contribution in [1.82, 2.24) is 10.2 Å². The molecule has 0 aromatic heterocycles. The lowest BCUT2D eigenvalue weighted by molar-refractivity contribution is 0.106. The van der Waals surface area contributed by atoms with Gasteiger partial charge in [0.1, 0.15) is 18.5 Å². The lowest BCUT2D eigenvalue weighted by Crippen LogP contribution is -2.36. The van der Waals surface area contributed by atoms with Crippen LogP contribution in [-0.2, 0) is 0 Å². The molecule has 0 aliphatic heterocycles. The van der Waals surface area contributed by atoms with Gasteiger partial charge in [0.05, 0.1) is 5.02 Å². The van der Waals surface area contributed by atoms with Crippen molar-refractivity contribution in [2.45, 2.75) is 13.0 Å². The van der Waals surface area contributed by atoms with Gasteiger partial charge < -0.3 is 20.1 Å². The van der Waals surface area contributed by atoms with Crippen LogP contribution in [-0.4, -0.2) is 55.9 Å². The first-order valence-electron chi connectivity index (χ1n) is 6.58. The number of likely N-dealkylation sites (N-methyl/N-ethyl adjacent to an activating group) is 1. The third-order valence-electron chi connectivity index (χ3n) is 2.86. The molecule has 2 N–H and O–H groups in total. The number of nitrogens with one attached hydrogen (secondary N) is 1. The second-order valence-corrected chi connectivity index (χ2v) is 4.90. The number of rotatable bonds is 9. The predicted octanol–water partition coefficient (Wildman–Crippen LogP) is 1.62.